The summed E-state index contributed by atoms with van der Waals surface area (Å²) in [4.78, 5) is 38.8. The van der Waals surface area contributed by atoms with Crippen molar-refractivity contribution < 1.29 is 23.9 Å². The van der Waals surface area contributed by atoms with Crippen LogP contribution in [0.1, 0.15) is 55.9 Å². The van der Waals surface area contributed by atoms with Crippen LogP contribution in [-0.4, -0.2) is 35.6 Å². The summed E-state index contributed by atoms with van der Waals surface area (Å²) in [5.74, 6) is -1.50. The van der Waals surface area contributed by atoms with Crippen molar-refractivity contribution in [2.75, 3.05) is 18.5 Å². The first-order chi connectivity index (χ1) is 15.9. The standard InChI is InChI=1S/C25H26N2O5S/c1-4-31-25(30)22-18-11-8-12-20(18)33-23(22)26-21(28)14-32-24(29)19-13-15(2)27(16(19)3)17-9-6-5-7-10-17/h5-7,9-10,13H,4,8,11-12,14H2,1-3H3,(H,26,28). The number of aryl methyl sites for hydroxylation is 2. The van der Waals surface area contributed by atoms with Gasteiger partial charge in [0.1, 0.15) is 5.00 Å². The average Bonchev–Trinajstić information content (AvgIpc) is 3.45. The molecule has 33 heavy (non-hydrogen) atoms. The molecule has 4 rings (SSSR count). The first-order valence-electron chi connectivity index (χ1n) is 10.9. The molecule has 1 amide bonds. The highest BCUT2D eigenvalue weighted by atomic mass is 32.1. The number of amides is 1. The molecule has 1 N–H and O–H groups in total. The van der Waals surface area contributed by atoms with Gasteiger partial charge >= 0.3 is 11.9 Å². The van der Waals surface area contributed by atoms with E-state index in [1.54, 1.807) is 13.0 Å². The maximum absolute atomic E-state index is 12.7. The van der Waals surface area contributed by atoms with Gasteiger partial charge in [0.15, 0.2) is 6.61 Å². The van der Waals surface area contributed by atoms with Crippen molar-refractivity contribution >= 4 is 34.2 Å². The molecule has 2 heterocycles. The fourth-order valence-corrected chi connectivity index (χ4v) is 5.52. The molecule has 0 saturated heterocycles. The lowest BCUT2D eigenvalue weighted by atomic mass is 10.1. The van der Waals surface area contributed by atoms with Crippen LogP contribution in [0.25, 0.3) is 5.69 Å². The molecule has 0 saturated carbocycles. The molecule has 0 atom stereocenters. The quantitative estimate of drug-likeness (QED) is 0.514. The van der Waals surface area contributed by atoms with Crippen LogP contribution < -0.4 is 5.32 Å². The van der Waals surface area contributed by atoms with Crippen molar-refractivity contribution in [1.82, 2.24) is 4.57 Å². The van der Waals surface area contributed by atoms with E-state index in [-0.39, 0.29) is 6.61 Å². The van der Waals surface area contributed by atoms with E-state index in [1.165, 1.54) is 11.3 Å². The minimum atomic E-state index is -0.570. The van der Waals surface area contributed by atoms with Crippen LogP contribution in [0, 0.1) is 13.8 Å². The van der Waals surface area contributed by atoms with Crippen LogP contribution in [0.2, 0.25) is 0 Å². The molecule has 3 aromatic rings. The minimum absolute atomic E-state index is 0.260. The van der Waals surface area contributed by atoms with E-state index < -0.39 is 24.5 Å². The molecule has 2 aromatic heterocycles. The summed E-state index contributed by atoms with van der Waals surface area (Å²) in [6.45, 7) is 5.32. The fraction of sp³-hybridized carbons (Fsp3) is 0.320. The Kier molecular flexibility index (Phi) is 6.65. The first kappa shape index (κ1) is 22.8. The number of benzene rings is 1. The zero-order chi connectivity index (χ0) is 23.5. The number of carbonyl (C=O) groups is 3. The van der Waals surface area contributed by atoms with Gasteiger partial charge < -0.3 is 19.4 Å². The molecule has 0 unspecified atom stereocenters. The summed E-state index contributed by atoms with van der Waals surface area (Å²) in [7, 11) is 0. The van der Waals surface area contributed by atoms with Gasteiger partial charge in [-0.05, 0) is 63.8 Å². The van der Waals surface area contributed by atoms with E-state index in [1.807, 2.05) is 48.7 Å². The number of nitrogens with one attached hydrogen (secondary N) is 1. The second-order valence-electron chi connectivity index (χ2n) is 7.86. The summed E-state index contributed by atoms with van der Waals surface area (Å²) in [6.07, 6.45) is 2.66. The maximum atomic E-state index is 12.7. The van der Waals surface area contributed by atoms with E-state index in [0.29, 0.717) is 16.1 Å². The first-order valence-corrected chi connectivity index (χ1v) is 11.7. The third-order valence-corrected chi connectivity index (χ3v) is 6.86. The van der Waals surface area contributed by atoms with Gasteiger partial charge in [-0.2, -0.15) is 0 Å². The van der Waals surface area contributed by atoms with Crippen LogP contribution in [-0.2, 0) is 27.1 Å². The Bertz CT molecular complexity index is 1210. The van der Waals surface area contributed by atoms with Crippen molar-refractivity contribution in [1.29, 1.82) is 0 Å². The summed E-state index contributed by atoms with van der Waals surface area (Å²) in [5.41, 5.74) is 4.37. The number of para-hydroxylation sites is 1. The fourth-order valence-electron chi connectivity index (χ4n) is 4.23. The van der Waals surface area contributed by atoms with Gasteiger partial charge in [-0.15, -0.1) is 11.3 Å². The molecular formula is C25H26N2O5S. The molecule has 1 aliphatic carbocycles. The Morgan fingerprint density at radius 2 is 1.82 bits per heavy atom. The lowest BCUT2D eigenvalue weighted by Gasteiger charge is -2.10. The number of fused-ring (bicyclic) bond motifs is 1. The van der Waals surface area contributed by atoms with E-state index >= 15 is 0 Å². The van der Waals surface area contributed by atoms with Gasteiger partial charge in [-0.3, -0.25) is 4.79 Å². The Labute approximate surface area is 196 Å². The zero-order valence-corrected chi connectivity index (χ0v) is 19.7. The highest BCUT2D eigenvalue weighted by Crippen LogP contribution is 2.39. The van der Waals surface area contributed by atoms with Crippen LogP contribution in [0.3, 0.4) is 0 Å². The molecule has 0 fully saturated rings. The van der Waals surface area contributed by atoms with Gasteiger partial charge in [-0.1, -0.05) is 18.2 Å². The number of aromatic nitrogens is 1. The molecule has 0 bridgehead atoms. The predicted molar refractivity (Wildman–Crippen MR) is 126 cm³/mol. The Morgan fingerprint density at radius 3 is 2.55 bits per heavy atom. The van der Waals surface area contributed by atoms with E-state index in [0.717, 1.165) is 46.8 Å². The predicted octanol–water partition coefficient (Wildman–Crippen LogP) is 4.62. The van der Waals surface area contributed by atoms with Crippen LogP contribution >= 0.6 is 11.3 Å². The number of esters is 2. The van der Waals surface area contributed by atoms with Crippen molar-refractivity contribution in [3.05, 3.63) is 69.4 Å². The van der Waals surface area contributed by atoms with Crippen molar-refractivity contribution in [3.8, 4) is 5.69 Å². The number of hydrogen-bond acceptors (Lipinski definition) is 6. The lowest BCUT2D eigenvalue weighted by molar-refractivity contribution is -0.119. The molecule has 172 valence electrons. The summed E-state index contributed by atoms with van der Waals surface area (Å²) in [6, 6.07) is 11.5. The number of nitrogens with zero attached hydrogens (tertiary/aromatic N) is 1. The number of rotatable bonds is 7. The molecule has 7 nitrogen and oxygen atoms in total. The molecule has 0 spiro atoms. The normalized spacial score (nSPS) is 12.3. The summed E-state index contributed by atoms with van der Waals surface area (Å²) in [5, 5.41) is 3.20. The highest BCUT2D eigenvalue weighted by molar-refractivity contribution is 7.17. The van der Waals surface area contributed by atoms with E-state index in [9.17, 15) is 14.4 Å². The third kappa shape index (κ3) is 4.57. The number of carbonyl (C=O) groups excluding carboxylic acids is 3. The molecule has 8 heteroatoms. The molecule has 0 radical (unpaired) electrons. The Balaban J connectivity index is 1.44. The second kappa shape index (κ2) is 9.62. The largest absolute Gasteiger partial charge is 0.462 e. The average molecular weight is 467 g/mol. The maximum Gasteiger partial charge on any atom is 0.341 e. The Hall–Kier alpha value is -3.39. The van der Waals surface area contributed by atoms with Gasteiger partial charge in [0, 0.05) is 22.0 Å². The number of ether oxygens (including phenoxy) is 2. The summed E-state index contributed by atoms with van der Waals surface area (Å²) >= 11 is 1.39. The van der Waals surface area contributed by atoms with Gasteiger partial charge in [0.2, 0.25) is 0 Å². The highest BCUT2D eigenvalue weighted by Gasteiger charge is 2.28. The monoisotopic (exact) mass is 466 g/mol. The van der Waals surface area contributed by atoms with Crippen LogP contribution in [0.15, 0.2) is 36.4 Å². The SMILES string of the molecule is CCOC(=O)c1c(NC(=O)COC(=O)c2cc(C)n(-c3ccccc3)c2C)sc2c1CCC2. The molecular weight excluding hydrogens is 440 g/mol. The molecule has 1 aromatic carbocycles. The molecule has 1 aliphatic rings. The second-order valence-corrected chi connectivity index (χ2v) is 8.97. The van der Waals surface area contributed by atoms with E-state index in [4.69, 9.17) is 9.47 Å². The van der Waals surface area contributed by atoms with E-state index in [2.05, 4.69) is 5.32 Å². The van der Waals surface area contributed by atoms with Gasteiger partial charge in [0.25, 0.3) is 5.91 Å². The Morgan fingerprint density at radius 1 is 1.06 bits per heavy atom. The number of hydrogen-bond donors (Lipinski definition) is 1. The van der Waals surface area contributed by atoms with Crippen LogP contribution in [0.5, 0.6) is 0 Å². The smallest absolute Gasteiger partial charge is 0.341 e. The van der Waals surface area contributed by atoms with Crippen molar-refractivity contribution in [3.63, 3.8) is 0 Å². The van der Waals surface area contributed by atoms with Crippen LogP contribution in [0.4, 0.5) is 5.00 Å². The van der Waals surface area contributed by atoms with Gasteiger partial charge in [0.05, 0.1) is 17.7 Å². The summed E-state index contributed by atoms with van der Waals surface area (Å²) < 4.78 is 12.4. The van der Waals surface area contributed by atoms with Gasteiger partial charge in [-0.25, -0.2) is 9.59 Å². The minimum Gasteiger partial charge on any atom is -0.462 e. The molecule has 0 aliphatic heterocycles. The number of anilines is 1. The topological polar surface area (TPSA) is 86.6 Å². The van der Waals surface area contributed by atoms with Crippen molar-refractivity contribution in [2.45, 2.75) is 40.0 Å². The third-order valence-electron chi connectivity index (χ3n) is 5.65. The van der Waals surface area contributed by atoms with Crippen molar-refractivity contribution in [2.24, 2.45) is 0 Å². The zero-order valence-electron chi connectivity index (χ0n) is 18.9. The number of thiophene rings is 1. The lowest BCUT2D eigenvalue weighted by Crippen LogP contribution is -2.22.